The van der Waals surface area contributed by atoms with E-state index in [0.717, 1.165) is 0 Å². The second-order valence-electron chi connectivity index (χ2n) is 10.2. The van der Waals surface area contributed by atoms with Crippen molar-refractivity contribution in [1.82, 2.24) is 4.90 Å². The molecule has 10 nitrogen and oxygen atoms in total. The molecule has 0 saturated carbocycles. The summed E-state index contributed by atoms with van der Waals surface area (Å²) < 4.78 is 256. The van der Waals surface area contributed by atoms with E-state index in [1.54, 1.807) is 0 Å². The lowest BCUT2D eigenvalue weighted by molar-refractivity contribution is -0.246. The molecule has 0 spiro atoms. The van der Waals surface area contributed by atoms with Crippen LogP contribution in [0.2, 0.25) is 0 Å². The molecule has 252 valence electrons. The average molecular weight is 728 g/mol. The molecule has 0 amide bonds. The first-order chi connectivity index (χ1) is 17.8. The van der Waals surface area contributed by atoms with Gasteiger partial charge >= 0.3 is 37.6 Å². The lowest BCUT2D eigenvalue weighted by atomic mass is 9.79. The average Bonchev–Trinajstić information content (AvgIpc) is 2.68. The summed E-state index contributed by atoms with van der Waals surface area (Å²) in [5, 5.41) is -15.8. The summed E-state index contributed by atoms with van der Waals surface area (Å²) in [5.74, 6) is -8.16. The highest BCUT2D eigenvalue weighted by atomic mass is 32.3. The van der Waals surface area contributed by atoms with Crippen molar-refractivity contribution in [2.24, 2.45) is 0 Å². The van der Waals surface area contributed by atoms with E-state index in [0.29, 0.717) is 0 Å². The Morgan fingerprint density at radius 2 is 0.929 bits per heavy atom. The van der Waals surface area contributed by atoms with Gasteiger partial charge in [0, 0.05) is 11.1 Å². The van der Waals surface area contributed by atoms with Gasteiger partial charge in [-0.2, -0.15) is 61.1 Å². The molecule has 26 heteroatoms. The second kappa shape index (κ2) is 10.2. The maximum Gasteiger partial charge on any atom is 0.499 e. The van der Waals surface area contributed by atoms with Gasteiger partial charge in [0.2, 0.25) is 0 Å². The Balaban J connectivity index is 3.89. The fourth-order valence-corrected chi connectivity index (χ4v) is 12.3. The van der Waals surface area contributed by atoms with Gasteiger partial charge in [0.15, 0.2) is 0 Å². The van der Waals surface area contributed by atoms with Gasteiger partial charge in [-0.1, -0.05) is 0 Å². The quantitative estimate of drug-likeness (QED) is 0.256. The van der Waals surface area contributed by atoms with Crippen LogP contribution in [0, 0.1) is 0 Å². The van der Waals surface area contributed by atoms with Gasteiger partial charge in [-0.15, -0.1) is 0 Å². The Kier molecular flexibility index (Phi) is 9.45. The van der Waals surface area contributed by atoms with Gasteiger partial charge in [-0.3, -0.25) is 9.08 Å². The van der Waals surface area contributed by atoms with E-state index in [2.05, 4.69) is 4.18 Å². The zero-order chi connectivity index (χ0) is 34.4. The predicted molar refractivity (Wildman–Crippen MR) is 116 cm³/mol. The third-order valence-corrected chi connectivity index (χ3v) is 16.1. The Hall–Kier alpha value is -1.12. The van der Waals surface area contributed by atoms with E-state index < -0.39 is 101 Å². The molecule has 0 aromatic carbocycles. The maximum absolute atomic E-state index is 14.6. The number of hydrogen-bond acceptors (Lipinski definition) is 10. The predicted octanol–water partition coefficient (Wildman–Crippen LogP) is 3.37. The number of piperidine rings is 1. The van der Waals surface area contributed by atoms with Crippen LogP contribution >= 0.6 is 0 Å². The van der Waals surface area contributed by atoms with Crippen molar-refractivity contribution in [2.75, 3.05) is 7.05 Å². The van der Waals surface area contributed by atoms with Crippen molar-refractivity contribution >= 4 is 39.6 Å². The summed E-state index contributed by atoms with van der Waals surface area (Å²) in [4.78, 5) is 1.53. The first kappa shape index (κ1) is 38.9. The van der Waals surface area contributed by atoms with Crippen LogP contribution in [0.1, 0.15) is 40.5 Å². The van der Waals surface area contributed by atoms with Crippen molar-refractivity contribution in [3.8, 4) is 0 Å². The number of nitrogens with zero attached hydrogens (tertiary/aromatic N) is 1. The smallest absolute Gasteiger partial charge is 0.296 e. The van der Waals surface area contributed by atoms with Crippen LogP contribution in [0.25, 0.3) is 0 Å². The molecule has 0 atom stereocenters. The van der Waals surface area contributed by atoms with Crippen LogP contribution in [0.4, 0.5) is 52.7 Å². The van der Waals surface area contributed by atoms with E-state index in [1.165, 1.54) is 39.6 Å². The lowest BCUT2D eigenvalue weighted by Crippen LogP contribution is -2.65. The van der Waals surface area contributed by atoms with E-state index >= 15 is 0 Å². The number of sulfone groups is 3. The minimum absolute atomic E-state index is 0.613. The SMILES string of the molecule is CN1C(C)(C)CC(OS(=O)(=O)C(F)(F)C(F)(F)C(F)(F)S(=O)(=O)C(S(=O)(=O)C(F)(F)F)S(=O)(=O)C(F)(F)F)CC1(C)C. The summed E-state index contributed by atoms with van der Waals surface area (Å²) in [6, 6.07) is 0. The normalized spacial score (nSPS) is 21.1. The molecule has 0 unspecified atom stereocenters. The first-order valence-corrected chi connectivity index (χ1v) is 16.5. The van der Waals surface area contributed by atoms with Crippen LogP contribution in [0.5, 0.6) is 0 Å². The Labute approximate surface area is 231 Å². The molecule has 0 radical (unpaired) electrons. The highest BCUT2D eigenvalue weighted by molar-refractivity contribution is 8.25. The Bertz CT molecular complexity index is 1440. The topological polar surface area (TPSA) is 149 Å². The van der Waals surface area contributed by atoms with Gasteiger partial charge in [-0.25, -0.2) is 25.3 Å². The second-order valence-corrected chi connectivity index (χ2v) is 18.8. The Morgan fingerprint density at radius 1 is 0.619 bits per heavy atom. The fraction of sp³-hybridized carbons (Fsp3) is 1.00. The van der Waals surface area contributed by atoms with E-state index in [4.69, 9.17) is 0 Å². The zero-order valence-corrected chi connectivity index (χ0v) is 24.6. The molecular formula is C16H21F12NO9S4. The standard InChI is InChI=1S/C16H21F12NO9S4/c1-10(2)6-8(7-11(3,4)29(10)5)38-42(36,37)14(21,22)12(17,18)13(19,20)39(30,31)9(40(32,33)15(23,24)25)41(34,35)16(26,27)28/h8-9H,6-7H2,1-5H3. The largest absolute Gasteiger partial charge is 0.499 e. The molecule has 0 bridgehead atoms. The minimum atomic E-state index is -9.17. The molecular weight excluding hydrogens is 706 g/mol. The number of halogens is 12. The molecule has 1 aliphatic heterocycles. The summed E-state index contributed by atoms with van der Waals surface area (Å²) >= 11 is 0. The van der Waals surface area contributed by atoms with Crippen LogP contribution < -0.4 is 0 Å². The van der Waals surface area contributed by atoms with Gasteiger partial charge < -0.3 is 0 Å². The maximum atomic E-state index is 14.6. The first-order valence-electron chi connectivity index (χ1n) is 10.4. The number of alkyl halides is 12. The van der Waals surface area contributed by atoms with Crippen molar-refractivity contribution in [1.29, 1.82) is 0 Å². The van der Waals surface area contributed by atoms with Crippen molar-refractivity contribution in [3.05, 3.63) is 0 Å². The molecule has 0 aromatic heterocycles. The van der Waals surface area contributed by atoms with Crippen molar-refractivity contribution < 1.29 is 90.5 Å². The van der Waals surface area contributed by atoms with E-state index in [9.17, 15) is 86.4 Å². The summed E-state index contributed by atoms with van der Waals surface area (Å²) in [7, 11) is -32.6. The number of rotatable bonds is 9. The van der Waals surface area contributed by atoms with Gasteiger partial charge in [0.05, 0.1) is 6.10 Å². The highest BCUT2D eigenvalue weighted by Gasteiger charge is 2.86. The van der Waals surface area contributed by atoms with Crippen LogP contribution in [0.3, 0.4) is 0 Å². The van der Waals surface area contributed by atoms with Crippen LogP contribution in [0.15, 0.2) is 0 Å². The third kappa shape index (κ3) is 5.82. The molecule has 1 aliphatic rings. The molecule has 0 N–H and O–H groups in total. The number of hydrogen-bond donors (Lipinski definition) is 0. The molecule has 1 saturated heterocycles. The van der Waals surface area contributed by atoms with Crippen molar-refractivity contribution in [3.63, 3.8) is 0 Å². The lowest BCUT2D eigenvalue weighted by Gasteiger charge is -2.53. The van der Waals surface area contributed by atoms with Gasteiger partial charge in [0.1, 0.15) is 0 Å². The monoisotopic (exact) mass is 727 g/mol. The summed E-state index contributed by atoms with van der Waals surface area (Å²) in [6.07, 6.45) is -3.27. The highest BCUT2D eigenvalue weighted by Crippen LogP contribution is 2.55. The molecule has 0 aliphatic carbocycles. The van der Waals surface area contributed by atoms with Gasteiger partial charge in [-0.05, 0) is 47.6 Å². The Morgan fingerprint density at radius 3 is 1.21 bits per heavy atom. The van der Waals surface area contributed by atoms with Crippen LogP contribution in [-0.4, -0.2) is 94.2 Å². The minimum Gasteiger partial charge on any atom is -0.296 e. The summed E-state index contributed by atoms with van der Waals surface area (Å²) in [6.45, 7) is 5.42. The molecule has 42 heavy (non-hydrogen) atoms. The van der Waals surface area contributed by atoms with Crippen LogP contribution in [-0.2, 0) is 43.8 Å². The third-order valence-electron chi connectivity index (χ3n) is 6.34. The van der Waals surface area contributed by atoms with E-state index in [-0.39, 0.29) is 0 Å². The molecule has 1 heterocycles. The summed E-state index contributed by atoms with van der Waals surface area (Å²) in [5.41, 5.74) is -17.4. The molecule has 1 rings (SSSR count). The number of likely N-dealkylation sites (tertiary alicyclic amines) is 1. The zero-order valence-electron chi connectivity index (χ0n) is 21.4. The molecule has 1 fully saturated rings. The van der Waals surface area contributed by atoms with Gasteiger partial charge in [0.25, 0.3) is 33.4 Å². The fourth-order valence-electron chi connectivity index (χ4n) is 3.93. The molecule has 0 aromatic rings. The van der Waals surface area contributed by atoms with E-state index in [1.807, 2.05) is 0 Å². The van der Waals surface area contributed by atoms with Crippen molar-refractivity contribution in [2.45, 2.75) is 89.1 Å².